The third kappa shape index (κ3) is 5.68. The zero-order valence-electron chi connectivity index (χ0n) is 18.5. The average Bonchev–Trinajstić information content (AvgIpc) is 3.53. The summed E-state index contributed by atoms with van der Waals surface area (Å²) in [6, 6.07) is 1.29. The first-order chi connectivity index (χ1) is 15.2. The van der Waals surface area contributed by atoms with Crippen LogP contribution in [0.15, 0.2) is 12.3 Å². The third-order valence-electron chi connectivity index (χ3n) is 7.34. The minimum Gasteiger partial charge on any atom is -0.353 e. The van der Waals surface area contributed by atoms with Crippen molar-refractivity contribution in [1.29, 1.82) is 0 Å². The maximum Gasteiger partial charge on any atom is 0.417 e. The summed E-state index contributed by atoms with van der Waals surface area (Å²) in [5.41, 5.74) is -0.832. The molecule has 0 bridgehead atoms. The van der Waals surface area contributed by atoms with E-state index in [-0.39, 0.29) is 16.8 Å². The van der Waals surface area contributed by atoms with Gasteiger partial charge in [-0.3, -0.25) is 9.69 Å². The molecule has 1 N–H and O–H groups in total. The molecule has 9 heteroatoms. The highest BCUT2D eigenvalue weighted by Gasteiger charge is 2.44. The predicted octanol–water partition coefficient (Wildman–Crippen LogP) is 4.60. The summed E-state index contributed by atoms with van der Waals surface area (Å²) < 4.78 is 38.5. The molecule has 2 aliphatic carbocycles. The van der Waals surface area contributed by atoms with Crippen LogP contribution in [0.1, 0.15) is 51.0 Å². The number of hydrogen-bond donors (Lipinski definition) is 1. The van der Waals surface area contributed by atoms with E-state index in [2.05, 4.69) is 22.1 Å². The molecular weight excluding hydrogens is 441 g/mol. The number of halogens is 4. The van der Waals surface area contributed by atoms with Crippen molar-refractivity contribution in [3.63, 3.8) is 0 Å². The number of aromatic nitrogens is 1. The molecule has 2 heterocycles. The first-order valence-electron chi connectivity index (χ1n) is 11.7. The Morgan fingerprint density at radius 1 is 1.19 bits per heavy atom. The highest BCUT2D eigenvalue weighted by atomic mass is 35.5. The first-order valence-corrected chi connectivity index (χ1v) is 12.1. The number of carbonyl (C=O) groups excluding carboxylic acids is 1. The fourth-order valence-corrected chi connectivity index (χ4v) is 5.37. The Hall–Kier alpha value is -1.54. The lowest BCUT2D eigenvalue weighted by molar-refractivity contribution is -0.137. The van der Waals surface area contributed by atoms with Gasteiger partial charge in [-0.1, -0.05) is 24.9 Å². The molecule has 1 saturated heterocycles. The molecular formula is C23H32ClF3N4O. The Morgan fingerprint density at radius 2 is 1.88 bits per heavy atom. The van der Waals surface area contributed by atoms with Crippen LogP contribution >= 0.6 is 11.6 Å². The number of nitrogens with zero attached hydrogens (tertiary/aromatic N) is 3. The fraction of sp³-hybridized carbons (Fsp3) is 0.739. The minimum absolute atomic E-state index is 0.0279. The number of pyridine rings is 1. The zero-order chi connectivity index (χ0) is 22.9. The van der Waals surface area contributed by atoms with E-state index in [1.165, 1.54) is 19.3 Å². The van der Waals surface area contributed by atoms with E-state index < -0.39 is 11.7 Å². The largest absolute Gasteiger partial charge is 0.417 e. The number of anilines is 1. The third-order valence-corrected chi connectivity index (χ3v) is 7.62. The van der Waals surface area contributed by atoms with Gasteiger partial charge >= 0.3 is 6.18 Å². The van der Waals surface area contributed by atoms with Gasteiger partial charge in [-0.25, -0.2) is 4.98 Å². The topological polar surface area (TPSA) is 48.5 Å². The van der Waals surface area contributed by atoms with Crippen molar-refractivity contribution in [3.05, 3.63) is 22.8 Å². The summed E-state index contributed by atoms with van der Waals surface area (Å²) in [5.74, 6) is 1.97. The van der Waals surface area contributed by atoms with Crippen LogP contribution in [0, 0.1) is 17.8 Å². The summed E-state index contributed by atoms with van der Waals surface area (Å²) in [5, 5.41) is 3.30. The van der Waals surface area contributed by atoms with Gasteiger partial charge in [0.2, 0.25) is 5.91 Å². The molecule has 3 aliphatic rings. The molecule has 178 valence electrons. The average molecular weight is 473 g/mol. The Bertz CT molecular complexity index is 805. The van der Waals surface area contributed by atoms with Crippen LogP contribution in [0.5, 0.6) is 0 Å². The monoisotopic (exact) mass is 472 g/mol. The van der Waals surface area contributed by atoms with Crippen molar-refractivity contribution in [3.8, 4) is 0 Å². The number of hydrogen-bond acceptors (Lipinski definition) is 4. The summed E-state index contributed by atoms with van der Waals surface area (Å²) in [4.78, 5) is 20.8. The van der Waals surface area contributed by atoms with E-state index in [0.29, 0.717) is 30.9 Å². The maximum atomic E-state index is 12.8. The SMILES string of the molecule is CCC1CCC(NC(=O)[C@@H]2C[C@H]2CN2CCN(c3ncc(C(F)(F)F)cc3Cl)CC2)CC1. The van der Waals surface area contributed by atoms with Crippen molar-refractivity contribution in [2.24, 2.45) is 17.8 Å². The van der Waals surface area contributed by atoms with Gasteiger partial charge in [-0.05, 0) is 50.0 Å². The van der Waals surface area contributed by atoms with Crippen LogP contribution in [0.25, 0.3) is 0 Å². The molecule has 4 rings (SSSR count). The van der Waals surface area contributed by atoms with Crippen LogP contribution in [0.4, 0.5) is 19.0 Å². The highest BCUT2D eigenvalue weighted by molar-refractivity contribution is 6.33. The van der Waals surface area contributed by atoms with E-state index >= 15 is 0 Å². The van der Waals surface area contributed by atoms with E-state index in [9.17, 15) is 18.0 Å². The van der Waals surface area contributed by atoms with E-state index in [1.807, 2.05) is 4.90 Å². The van der Waals surface area contributed by atoms with E-state index in [4.69, 9.17) is 11.6 Å². The van der Waals surface area contributed by atoms with Gasteiger partial charge < -0.3 is 10.2 Å². The lowest BCUT2D eigenvalue weighted by Gasteiger charge is -2.36. The van der Waals surface area contributed by atoms with Gasteiger partial charge in [-0.2, -0.15) is 13.2 Å². The minimum atomic E-state index is -4.45. The number of piperazine rings is 1. The molecule has 3 fully saturated rings. The number of nitrogens with one attached hydrogen (secondary N) is 1. The van der Waals surface area contributed by atoms with E-state index in [0.717, 1.165) is 57.1 Å². The summed E-state index contributed by atoms with van der Waals surface area (Å²) >= 11 is 6.09. The Morgan fingerprint density at radius 3 is 2.47 bits per heavy atom. The van der Waals surface area contributed by atoms with Crippen LogP contribution in [-0.2, 0) is 11.0 Å². The fourth-order valence-electron chi connectivity index (χ4n) is 5.09. The van der Waals surface area contributed by atoms with Crippen molar-refractivity contribution in [2.45, 2.75) is 57.7 Å². The summed E-state index contributed by atoms with van der Waals surface area (Å²) in [6.45, 7) is 6.01. The first kappa shape index (κ1) is 23.6. The van der Waals surface area contributed by atoms with Crippen LogP contribution in [0.3, 0.4) is 0 Å². The van der Waals surface area contributed by atoms with Crippen LogP contribution < -0.4 is 10.2 Å². The quantitative estimate of drug-likeness (QED) is 0.657. The van der Waals surface area contributed by atoms with Gasteiger partial charge in [0.25, 0.3) is 0 Å². The zero-order valence-corrected chi connectivity index (χ0v) is 19.3. The van der Waals surface area contributed by atoms with Crippen molar-refractivity contribution < 1.29 is 18.0 Å². The second-order valence-electron chi connectivity index (χ2n) is 9.55. The standard InChI is InChI=1S/C23H32ClF3N4O/c1-2-15-3-5-18(6-4-15)29-22(32)19-11-16(19)14-30-7-9-31(10-8-30)21-20(24)12-17(13-28-21)23(25,26)27/h12-13,15-16,18-19H,2-11,14H2,1H3,(H,29,32)/t15?,16-,18?,19+/m0/s1. The molecule has 1 amide bonds. The second-order valence-corrected chi connectivity index (χ2v) is 9.96. The molecule has 2 saturated carbocycles. The van der Waals surface area contributed by atoms with Crippen LogP contribution in [-0.4, -0.2) is 54.6 Å². The number of carbonyl (C=O) groups is 1. The molecule has 5 nitrogen and oxygen atoms in total. The second kappa shape index (κ2) is 9.75. The van der Waals surface area contributed by atoms with E-state index in [1.54, 1.807) is 0 Å². The lowest BCUT2D eigenvalue weighted by atomic mass is 9.84. The van der Waals surface area contributed by atoms with Gasteiger partial charge in [0.1, 0.15) is 5.82 Å². The smallest absolute Gasteiger partial charge is 0.353 e. The van der Waals surface area contributed by atoms with Gasteiger partial charge in [-0.15, -0.1) is 0 Å². The van der Waals surface area contributed by atoms with Gasteiger partial charge in [0.05, 0.1) is 10.6 Å². The number of amides is 1. The van der Waals surface area contributed by atoms with Gasteiger partial charge in [0, 0.05) is 50.9 Å². The predicted molar refractivity (Wildman–Crippen MR) is 119 cm³/mol. The van der Waals surface area contributed by atoms with Crippen molar-refractivity contribution >= 4 is 23.3 Å². The summed E-state index contributed by atoms with van der Waals surface area (Å²) in [6.07, 6.45) is 3.22. The Labute approximate surface area is 192 Å². The number of alkyl halides is 3. The van der Waals surface area contributed by atoms with Crippen LogP contribution in [0.2, 0.25) is 5.02 Å². The van der Waals surface area contributed by atoms with Crippen molar-refractivity contribution in [1.82, 2.24) is 15.2 Å². The van der Waals surface area contributed by atoms with Gasteiger partial charge in [0.15, 0.2) is 0 Å². The van der Waals surface area contributed by atoms with Crippen molar-refractivity contribution in [2.75, 3.05) is 37.6 Å². The molecule has 32 heavy (non-hydrogen) atoms. The normalized spacial score (nSPS) is 29.1. The molecule has 1 aromatic heterocycles. The lowest BCUT2D eigenvalue weighted by Crippen LogP contribution is -2.47. The molecule has 0 radical (unpaired) electrons. The summed E-state index contributed by atoms with van der Waals surface area (Å²) in [7, 11) is 0. The molecule has 0 aromatic carbocycles. The highest BCUT2D eigenvalue weighted by Crippen LogP contribution is 2.40. The molecule has 1 aromatic rings. The molecule has 0 spiro atoms. The molecule has 2 atom stereocenters. The Kier molecular flexibility index (Phi) is 7.20. The Balaban J connectivity index is 1.20. The molecule has 0 unspecified atom stereocenters. The molecule has 1 aliphatic heterocycles. The maximum absolute atomic E-state index is 12.8. The number of rotatable bonds is 6.